The van der Waals surface area contributed by atoms with Gasteiger partial charge in [-0.3, -0.25) is 4.79 Å². The highest BCUT2D eigenvalue weighted by Gasteiger charge is 2.29. The second-order valence-corrected chi connectivity index (χ2v) is 7.57. The van der Waals surface area contributed by atoms with E-state index in [4.69, 9.17) is 4.74 Å². The van der Waals surface area contributed by atoms with Crippen LogP contribution in [0.2, 0.25) is 0 Å². The first-order valence-corrected chi connectivity index (χ1v) is 9.99. The number of carbonyl (C=O) groups excluding carboxylic acids is 2. The Morgan fingerprint density at radius 3 is 2.59 bits per heavy atom. The van der Waals surface area contributed by atoms with Crippen LogP contribution in [0.5, 0.6) is 0 Å². The Morgan fingerprint density at radius 1 is 0.931 bits per heavy atom. The Labute approximate surface area is 169 Å². The van der Waals surface area contributed by atoms with E-state index in [1.807, 2.05) is 59.5 Å². The largest absolute Gasteiger partial charge is 0.454 e. The second kappa shape index (κ2) is 7.21. The summed E-state index contributed by atoms with van der Waals surface area (Å²) in [7, 11) is 0. The molecule has 0 fully saturated rings. The molecule has 0 saturated carbocycles. The van der Waals surface area contributed by atoms with Crippen LogP contribution < -0.4 is 4.90 Å². The Hall–Kier alpha value is -3.40. The van der Waals surface area contributed by atoms with E-state index in [0.29, 0.717) is 24.1 Å². The minimum Gasteiger partial charge on any atom is -0.454 e. The Bertz CT molecular complexity index is 1090. The highest BCUT2D eigenvalue weighted by molar-refractivity contribution is 6.07. The predicted octanol–water partition coefficient (Wildman–Crippen LogP) is 4.73. The summed E-state index contributed by atoms with van der Waals surface area (Å²) in [6, 6.07) is 23.1. The van der Waals surface area contributed by atoms with Gasteiger partial charge < -0.3 is 9.64 Å². The molecule has 0 spiro atoms. The lowest BCUT2D eigenvalue weighted by Crippen LogP contribution is -2.35. The number of carbonyl (C=O) groups is 2. The van der Waals surface area contributed by atoms with Gasteiger partial charge in [0, 0.05) is 24.2 Å². The number of rotatable bonds is 2. The maximum atomic E-state index is 13.3. The third kappa shape index (κ3) is 3.21. The van der Waals surface area contributed by atoms with E-state index in [1.54, 1.807) is 12.1 Å². The van der Waals surface area contributed by atoms with Gasteiger partial charge >= 0.3 is 5.97 Å². The van der Waals surface area contributed by atoms with Crippen molar-refractivity contribution in [2.24, 2.45) is 0 Å². The van der Waals surface area contributed by atoms with Crippen LogP contribution >= 0.6 is 0 Å². The fourth-order valence-corrected chi connectivity index (χ4v) is 4.28. The van der Waals surface area contributed by atoms with E-state index in [2.05, 4.69) is 6.07 Å². The van der Waals surface area contributed by atoms with E-state index in [0.717, 1.165) is 29.7 Å². The molecule has 5 rings (SSSR count). The van der Waals surface area contributed by atoms with E-state index in [9.17, 15) is 9.59 Å². The highest BCUT2D eigenvalue weighted by Crippen LogP contribution is 2.32. The zero-order valence-electron chi connectivity index (χ0n) is 16.0. The van der Waals surface area contributed by atoms with Gasteiger partial charge in [0.2, 0.25) is 0 Å². The van der Waals surface area contributed by atoms with Gasteiger partial charge in [0.25, 0.3) is 5.91 Å². The topological polar surface area (TPSA) is 46.6 Å². The molecule has 0 aromatic heterocycles. The van der Waals surface area contributed by atoms with E-state index in [-0.39, 0.29) is 18.0 Å². The summed E-state index contributed by atoms with van der Waals surface area (Å²) >= 11 is 0. The lowest BCUT2D eigenvalue weighted by atomic mass is 9.92. The minimum absolute atomic E-state index is 0.0184. The fourth-order valence-electron chi connectivity index (χ4n) is 4.28. The number of hydrogen-bond acceptors (Lipinski definition) is 3. The summed E-state index contributed by atoms with van der Waals surface area (Å²) in [5.41, 5.74) is 5.19. The van der Waals surface area contributed by atoms with Crippen LogP contribution in [0.25, 0.3) is 0 Å². The standard InChI is InChI=1S/C25H21NO3/c27-24(26-14-6-10-17-7-4-5-11-22(17)26)19-12-13-21-20(15-19)16-23(29-25(21)28)18-8-2-1-3-9-18/h1-5,7-9,11-13,15,23H,6,10,14,16H2. The monoisotopic (exact) mass is 383 g/mol. The van der Waals surface area contributed by atoms with Crippen LogP contribution in [0.3, 0.4) is 0 Å². The zero-order chi connectivity index (χ0) is 19.8. The maximum Gasteiger partial charge on any atom is 0.339 e. The van der Waals surface area contributed by atoms with Crippen molar-refractivity contribution in [3.8, 4) is 0 Å². The van der Waals surface area contributed by atoms with E-state index < -0.39 is 0 Å². The van der Waals surface area contributed by atoms with Crippen molar-refractivity contribution in [1.82, 2.24) is 0 Å². The summed E-state index contributed by atoms with van der Waals surface area (Å²) in [4.78, 5) is 27.6. The third-order valence-electron chi connectivity index (χ3n) is 5.75. The van der Waals surface area contributed by atoms with Gasteiger partial charge in [0.05, 0.1) is 5.56 Å². The summed E-state index contributed by atoms with van der Waals surface area (Å²) in [5.74, 6) is -0.349. The molecule has 1 atom stereocenters. The molecule has 3 aromatic rings. The van der Waals surface area contributed by atoms with E-state index >= 15 is 0 Å². The van der Waals surface area contributed by atoms with Crippen molar-refractivity contribution < 1.29 is 14.3 Å². The van der Waals surface area contributed by atoms with Gasteiger partial charge in [0.15, 0.2) is 0 Å². The summed E-state index contributed by atoms with van der Waals surface area (Å²) in [6.07, 6.45) is 2.20. The lowest BCUT2D eigenvalue weighted by Gasteiger charge is -2.30. The van der Waals surface area contributed by atoms with Crippen molar-refractivity contribution in [1.29, 1.82) is 0 Å². The van der Waals surface area contributed by atoms with Crippen LogP contribution in [0.4, 0.5) is 5.69 Å². The predicted molar refractivity (Wildman–Crippen MR) is 111 cm³/mol. The number of fused-ring (bicyclic) bond motifs is 2. The number of nitrogens with zero attached hydrogens (tertiary/aromatic N) is 1. The summed E-state index contributed by atoms with van der Waals surface area (Å²) in [6.45, 7) is 0.710. The molecular formula is C25H21NO3. The van der Waals surface area contributed by atoms with Crippen molar-refractivity contribution in [2.75, 3.05) is 11.4 Å². The van der Waals surface area contributed by atoms with Gasteiger partial charge in [-0.2, -0.15) is 0 Å². The van der Waals surface area contributed by atoms with Crippen LogP contribution in [0, 0.1) is 0 Å². The first-order chi connectivity index (χ1) is 14.2. The number of esters is 1. The highest BCUT2D eigenvalue weighted by atomic mass is 16.5. The molecule has 2 aliphatic heterocycles. The van der Waals surface area contributed by atoms with Crippen molar-refractivity contribution >= 4 is 17.6 Å². The summed E-state index contributed by atoms with van der Waals surface area (Å²) < 4.78 is 5.63. The molecule has 0 saturated heterocycles. The van der Waals surface area contributed by atoms with Gasteiger partial charge in [-0.05, 0) is 53.8 Å². The van der Waals surface area contributed by atoms with Crippen LogP contribution in [0.1, 0.15) is 49.9 Å². The number of cyclic esters (lactones) is 1. The number of anilines is 1. The molecule has 2 aliphatic rings. The lowest BCUT2D eigenvalue weighted by molar-refractivity contribution is 0.0252. The van der Waals surface area contributed by atoms with Crippen molar-refractivity contribution in [3.05, 3.63) is 101 Å². The summed E-state index contributed by atoms with van der Waals surface area (Å²) in [5, 5.41) is 0. The quantitative estimate of drug-likeness (QED) is 0.601. The number of benzene rings is 3. The first-order valence-electron chi connectivity index (χ1n) is 9.99. The molecule has 4 heteroatoms. The Kier molecular flexibility index (Phi) is 4.39. The molecular weight excluding hydrogens is 362 g/mol. The maximum absolute atomic E-state index is 13.3. The molecule has 0 bridgehead atoms. The normalized spacial score (nSPS) is 17.9. The smallest absolute Gasteiger partial charge is 0.339 e. The van der Waals surface area contributed by atoms with Crippen molar-refractivity contribution in [3.63, 3.8) is 0 Å². The molecule has 0 aliphatic carbocycles. The molecule has 0 radical (unpaired) electrons. The molecule has 3 aromatic carbocycles. The molecule has 2 heterocycles. The first kappa shape index (κ1) is 17.7. The van der Waals surface area contributed by atoms with Crippen LogP contribution in [0.15, 0.2) is 72.8 Å². The number of aryl methyl sites for hydroxylation is 1. The molecule has 1 unspecified atom stereocenters. The molecule has 1 amide bonds. The Morgan fingerprint density at radius 2 is 1.72 bits per heavy atom. The molecule has 29 heavy (non-hydrogen) atoms. The number of ether oxygens (including phenoxy) is 1. The Balaban J connectivity index is 1.47. The fraction of sp³-hybridized carbons (Fsp3) is 0.200. The van der Waals surface area contributed by atoms with Crippen molar-refractivity contribution in [2.45, 2.75) is 25.4 Å². The van der Waals surface area contributed by atoms with E-state index in [1.165, 1.54) is 5.56 Å². The van der Waals surface area contributed by atoms with Gasteiger partial charge in [-0.1, -0.05) is 48.5 Å². The second-order valence-electron chi connectivity index (χ2n) is 7.57. The number of para-hydroxylation sites is 1. The van der Waals surface area contributed by atoms with Gasteiger partial charge in [-0.25, -0.2) is 4.79 Å². The molecule has 0 N–H and O–H groups in total. The third-order valence-corrected chi connectivity index (χ3v) is 5.75. The zero-order valence-corrected chi connectivity index (χ0v) is 16.0. The SMILES string of the molecule is O=C1OC(c2ccccc2)Cc2cc(C(=O)N3CCCc4ccccc43)ccc21. The van der Waals surface area contributed by atoms with Gasteiger partial charge in [-0.15, -0.1) is 0 Å². The number of amides is 1. The van der Waals surface area contributed by atoms with Crippen LogP contribution in [-0.4, -0.2) is 18.4 Å². The average molecular weight is 383 g/mol. The van der Waals surface area contributed by atoms with Crippen LogP contribution in [-0.2, 0) is 17.6 Å². The average Bonchev–Trinajstić information content (AvgIpc) is 2.78. The number of hydrogen-bond donors (Lipinski definition) is 0. The molecule has 4 nitrogen and oxygen atoms in total. The molecule has 144 valence electrons. The minimum atomic E-state index is -0.331. The van der Waals surface area contributed by atoms with Gasteiger partial charge in [0.1, 0.15) is 6.10 Å².